The van der Waals surface area contributed by atoms with Crippen molar-refractivity contribution in [3.8, 4) is 5.75 Å². The normalized spacial score (nSPS) is 11.6. The molecule has 0 saturated carbocycles. The lowest BCUT2D eigenvalue weighted by Crippen LogP contribution is -2.30. The van der Waals surface area contributed by atoms with E-state index < -0.39 is 12.1 Å². The summed E-state index contributed by atoms with van der Waals surface area (Å²) >= 11 is 0. The van der Waals surface area contributed by atoms with Gasteiger partial charge in [-0.25, -0.2) is 4.79 Å². The Morgan fingerprint density at radius 2 is 1.69 bits per heavy atom. The maximum Gasteiger partial charge on any atom is 0.342 e. The van der Waals surface area contributed by atoms with E-state index in [9.17, 15) is 9.59 Å². The number of carbonyl (C=O) groups excluding carboxylic acids is 2. The molecule has 0 aliphatic carbocycles. The summed E-state index contributed by atoms with van der Waals surface area (Å²) in [5, 5.41) is 2.85. The van der Waals surface area contributed by atoms with Crippen molar-refractivity contribution < 1.29 is 19.1 Å². The van der Waals surface area contributed by atoms with Gasteiger partial charge in [0.25, 0.3) is 5.91 Å². The summed E-state index contributed by atoms with van der Waals surface area (Å²) in [5.74, 6) is -0.519. The number of hydrogen-bond donors (Lipinski definition) is 1. The van der Waals surface area contributed by atoms with Crippen LogP contribution < -0.4 is 10.1 Å². The molecule has 0 fully saturated rings. The maximum atomic E-state index is 12.5. The van der Waals surface area contributed by atoms with Crippen molar-refractivity contribution in [1.29, 1.82) is 0 Å². The minimum atomic E-state index is -0.933. The molecule has 0 unspecified atom stereocenters. The maximum absolute atomic E-state index is 12.5. The van der Waals surface area contributed by atoms with E-state index in [1.54, 1.807) is 31.2 Å². The zero-order chi connectivity index (χ0) is 19.3. The number of rotatable bonds is 6. The highest BCUT2D eigenvalue weighted by Crippen LogP contribution is 2.23. The molecule has 0 saturated heterocycles. The van der Waals surface area contributed by atoms with Crippen LogP contribution in [0.1, 0.15) is 40.9 Å². The predicted octanol–water partition coefficient (Wildman–Crippen LogP) is 4.19. The van der Waals surface area contributed by atoms with Gasteiger partial charge in [-0.05, 0) is 57.9 Å². The molecular formula is C21H25NO4. The first kappa shape index (κ1) is 19.5. The van der Waals surface area contributed by atoms with Crippen LogP contribution in [0.5, 0.6) is 5.75 Å². The molecule has 138 valence electrons. The largest absolute Gasteiger partial charge is 0.493 e. The van der Waals surface area contributed by atoms with Crippen molar-refractivity contribution >= 4 is 17.6 Å². The van der Waals surface area contributed by atoms with E-state index >= 15 is 0 Å². The highest BCUT2D eigenvalue weighted by Gasteiger charge is 2.22. The van der Waals surface area contributed by atoms with E-state index in [0.29, 0.717) is 17.9 Å². The zero-order valence-electron chi connectivity index (χ0n) is 15.9. The average molecular weight is 355 g/mol. The molecular weight excluding hydrogens is 330 g/mol. The van der Waals surface area contributed by atoms with Crippen molar-refractivity contribution in [2.24, 2.45) is 0 Å². The Balaban J connectivity index is 2.09. The summed E-state index contributed by atoms with van der Waals surface area (Å²) in [6.07, 6.45) is -0.933. The molecule has 0 aromatic heterocycles. The first-order valence-electron chi connectivity index (χ1n) is 8.65. The molecule has 0 heterocycles. The van der Waals surface area contributed by atoms with Crippen LogP contribution in [0.25, 0.3) is 0 Å². The molecule has 0 aliphatic rings. The van der Waals surface area contributed by atoms with E-state index in [1.807, 2.05) is 39.8 Å². The quantitative estimate of drug-likeness (QED) is 0.789. The molecule has 1 N–H and O–H groups in total. The predicted molar refractivity (Wildman–Crippen MR) is 102 cm³/mol. The van der Waals surface area contributed by atoms with Gasteiger partial charge in [0.1, 0.15) is 11.3 Å². The Kier molecular flexibility index (Phi) is 6.39. The molecule has 0 spiro atoms. The number of esters is 1. The van der Waals surface area contributed by atoms with E-state index in [0.717, 1.165) is 22.4 Å². The molecule has 1 amide bonds. The van der Waals surface area contributed by atoms with Gasteiger partial charge in [-0.1, -0.05) is 29.8 Å². The molecule has 5 nitrogen and oxygen atoms in total. The van der Waals surface area contributed by atoms with E-state index in [2.05, 4.69) is 5.32 Å². The SMILES string of the molecule is CCOc1ccccc1C(=O)O[C@@H](C)C(=O)Nc1c(C)cc(C)cc1C. The number of nitrogens with one attached hydrogen (secondary N) is 1. The number of para-hydroxylation sites is 1. The smallest absolute Gasteiger partial charge is 0.342 e. The Morgan fingerprint density at radius 3 is 2.31 bits per heavy atom. The van der Waals surface area contributed by atoms with Gasteiger partial charge in [0.05, 0.1) is 6.61 Å². The molecule has 5 heteroatoms. The Hall–Kier alpha value is -2.82. The molecule has 0 bridgehead atoms. The second-order valence-electron chi connectivity index (χ2n) is 6.24. The van der Waals surface area contributed by atoms with Crippen LogP contribution in [0.4, 0.5) is 5.69 Å². The van der Waals surface area contributed by atoms with Crippen molar-refractivity contribution in [3.05, 3.63) is 58.7 Å². The standard InChI is InChI=1S/C21H25NO4/c1-6-25-18-10-8-7-9-17(18)21(24)26-16(5)20(23)22-19-14(3)11-13(2)12-15(19)4/h7-12,16H,6H2,1-5H3,(H,22,23)/t16-/m0/s1. The van der Waals surface area contributed by atoms with E-state index in [4.69, 9.17) is 9.47 Å². The number of amides is 1. The van der Waals surface area contributed by atoms with E-state index in [-0.39, 0.29) is 5.91 Å². The number of benzene rings is 2. The summed E-state index contributed by atoms with van der Waals surface area (Å²) in [6, 6.07) is 10.8. The summed E-state index contributed by atoms with van der Waals surface area (Å²) < 4.78 is 10.8. The molecule has 2 aromatic carbocycles. The van der Waals surface area contributed by atoms with Crippen molar-refractivity contribution in [2.75, 3.05) is 11.9 Å². The molecule has 0 radical (unpaired) electrons. The van der Waals surface area contributed by atoms with Gasteiger partial charge in [-0.3, -0.25) is 4.79 Å². The Labute approximate surface area is 154 Å². The zero-order valence-corrected chi connectivity index (χ0v) is 15.9. The van der Waals surface area contributed by atoms with Gasteiger partial charge in [0.15, 0.2) is 6.10 Å². The number of ether oxygens (including phenoxy) is 2. The topological polar surface area (TPSA) is 64.6 Å². The van der Waals surface area contributed by atoms with Crippen LogP contribution in [0.3, 0.4) is 0 Å². The van der Waals surface area contributed by atoms with Crippen LogP contribution in [-0.4, -0.2) is 24.6 Å². The first-order chi connectivity index (χ1) is 12.3. The third-order valence-electron chi connectivity index (χ3n) is 3.99. The Morgan fingerprint density at radius 1 is 1.08 bits per heavy atom. The molecule has 2 aromatic rings. The molecule has 1 atom stereocenters. The second-order valence-corrected chi connectivity index (χ2v) is 6.24. The Bertz CT molecular complexity index is 790. The highest BCUT2D eigenvalue weighted by atomic mass is 16.5. The fourth-order valence-electron chi connectivity index (χ4n) is 2.80. The fraction of sp³-hybridized carbons (Fsp3) is 0.333. The molecule has 0 aliphatic heterocycles. The molecule has 2 rings (SSSR count). The fourth-order valence-corrected chi connectivity index (χ4v) is 2.80. The first-order valence-corrected chi connectivity index (χ1v) is 8.65. The third kappa shape index (κ3) is 4.63. The number of aryl methyl sites for hydroxylation is 3. The van der Waals surface area contributed by atoms with Crippen molar-refractivity contribution in [3.63, 3.8) is 0 Å². The van der Waals surface area contributed by atoms with Crippen molar-refractivity contribution in [1.82, 2.24) is 0 Å². The van der Waals surface area contributed by atoms with E-state index in [1.165, 1.54) is 0 Å². The number of hydrogen-bond acceptors (Lipinski definition) is 4. The average Bonchev–Trinajstić information content (AvgIpc) is 2.58. The summed E-state index contributed by atoms with van der Waals surface area (Å²) in [4.78, 5) is 24.9. The van der Waals surface area contributed by atoms with Crippen LogP contribution >= 0.6 is 0 Å². The van der Waals surface area contributed by atoms with Crippen LogP contribution in [0.2, 0.25) is 0 Å². The van der Waals surface area contributed by atoms with Gasteiger partial charge in [0, 0.05) is 5.69 Å². The van der Waals surface area contributed by atoms with Crippen LogP contribution in [0, 0.1) is 20.8 Å². The highest BCUT2D eigenvalue weighted by molar-refractivity contribution is 5.99. The van der Waals surface area contributed by atoms with Crippen molar-refractivity contribution in [2.45, 2.75) is 40.7 Å². The van der Waals surface area contributed by atoms with Gasteiger partial charge < -0.3 is 14.8 Å². The lowest BCUT2D eigenvalue weighted by molar-refractivity contribution is -0.123. The van der Waals surface area contributed by atoms with Gasteiger partial charge in [-0.15, -0.1) is 0 Å². The van der Waals surface area contributed by atoms with Crippen LogP contribution in [-0.2, 0) is 9.53 Å². The monoisotopic (exact) mass is 355 g/mol. The summed E-state index contributed by atoms with van der Waals surface area (Å²) in [5.41, 5.74) is 4.12. The minimum absolute atomic E-state index is 0.302. The summed E-state index contributed by atoms with van der Waals surface area (Å²) in [7, 11) is 0. The van der Waals surface area contributed by atoms with Gasteiger partial charge >= 0.3 is 5.97 Å². The second kappa shape index (κ2) is 8.52. The minimum Gasteiger partial charge on any atom is -0.493 e. The van der Waals surface area contributed by atoms with Gasteiger partial charge in [0.2, 0.25) is 0 Å². The lowest BCUT2D eigenvalue weighted by Gasteiger charge is -2.17. The summed E-state index contributed by atoms with van der Waals surface area (Å²) in [6.45, 7) is 9.70. The number of anilines is 1. The molecule has 26 heavy (non-hydrogen) atoms. The number of carbonyl (C=O) groups is 2. The third-order valence-corrected chi connectivity index (χ3v) is 3.99. The lowest BCUT2D eigenvalue weighted by atomic mass is 10.0. The van der Waals surface area contributed by atoms with Gasteiger partial charge in [-0.2, -0.15) is 0 Å². The van der Waals surface area contributed by atoms with Crippen LogP contribution in [0.15, 0.2) is 36.4 Å².